The normalized spacial score (nSPS) is 12.1. The van der Waals surface area contributed by atoms with Crippen LogP contribution in [0.2, 0.25) is 0 Å². The monoisotopic (exact) mass is 167 g/mol. The first kappa shape index (κ1) is 11.7. The van der Waals surface area contributed by atoms with E-state index in [9.17, 15) is 0 Å². The maximum Gasteiger partial charge on any atom is -0.0283 e. The minimum atomic E-state index is 1.21. The van der Waals surface area contributed by atoms with E-state index >= 15 is 0 Å². The van der Waals surface area contributed by atoms with Gasteiger partial charge in [-0.1, -0.05) is 51.2 Å². The largest absolute Gasteiger partial charge is 0.0853 e. The van der Waals surface area contributed by atoms with Gasteiger partial charge in [-0.15, -0.1) is 0 Å². The summed E-state index contributed by atoms with van der Waals surface area (Å²) in [5.41, 5.74) is 1.34. The van der Waals surface area contributed by atoms with E-state index in [1.54, 1.807) is 0 Å². The second-order valence-electron chi connectivity index (χ2n) is 3.46. The molecule has 12 heavy (non-hydrogen) atoms. The third-order valence-corrected chi connectivity index (χ3v) is 2.09. The molecule has 0 aliphatic rings. The predicted molar refractivity (Wildman–Crippen MR) is 57.1 cm³/mol. The molecule has 0 aromatic heterocycles. The highest BCUT2D eigenvalue weighted by Crippen LogP contribution is 2.09. The van der Waals surface area contributed by atoms with E-state index < -0.39 is 0 Å². The molecule has 0 amide bonds. The average Bonchev–Trinajstić information content (AvgIpc) is 2.06. The number of hydrogen-bond donors (Lipinski definition) is 0. The fourth-order valence-electron chi connectivity index (χ4n) is 1.21. The average molecular weight is 167 g/mol. The molecule has 0 unspecified atom stereocenters. The van der Waals surface area contributed by atoms with Gasteiger partial charge in [0.05, 0.1) is 0 Å². The molecule has 0 bridgehead atoms. The minimum absolute atomic E-state index is 1.21. The molecule has 0 N–H and O–H groups in total. The minimum Gasteiger partial charge on any atom is -0.0853 e. The zero-order valence-corrected chi connectivity index (χ0v) is 8.73. The first-order chi connectivity index (χ1) is 5.81. The lowest BCUT2D eigenvalue weighted by Gasteiger charge is -1.99. The van der Waals surface area contributed by atoms with E-state index in [-0.39, 0.29) is 0 Å². The summed E-state index contributed by atoms with van der Waals surface area (Å²) in [6.07, 6.45) is 11.3. The standard InChI is InChI=1S/C12H23/c1-4-6-8-10-12(3)11-9-7-5-2/h10H,3-9,11H2,1-2H3. The fraction of sp³-hybridized carbons (Fsp3) is 0.750. The van der Waals surface area contributed by atoms with Crippen molar-refractivity contribution in [1.82, 2.24) is 0 Å². The Hall–Kier alpha value is -0.260. The smallest absolute Gasteiger partial charge is 0.0283 e. The van der Waals surface area contributed by atoms with E-state index in [1.807, 2.05) is 0 Å². The van der Waals surface area contributed by atoms with Crippen LogP contribution in [-0.4, -0.2) is 0 Å². The van der Waals surface area contributed by atoms with Crippen LogP contribution in [0.25, 0.3) is 0 Å². The van der Waals surface area contributed by atoms with Gasteiger partial charge in [-0.25, -0.2) is 0 Å². The number of hydrogen-bond acceptors (Lipinski definition) is 0. The Morgan fingerprint density at radius 3 is 2.33 bits per heavy atom. The quantitative estimate of drug-likeness (QED) is 0.489. The van der Waals surface area contributed by atoms with E-state index in [0.29, 0.717) is 0 Å². The topological polar surface area (TPSA) is 0 Å². The van der Waals surface area contributed by atoms with E-state index in [0.717, 1.165) is 0 Å². The third kappa shape index (κ3) is 7.84. The Labute approximate surface area is 78.1 Å². The molecule has 0 saturated heterocycles. The Bertz CT molecular complexity index is 111. The van der Waals surface area contributed by atoms with Crippen molar-refractivity contribution in [2.45, 2.75) is 58.8 Å². The molecule has 71 valence electrons. The van der Waals surface area contributed by atoms with Crippen molar-refractivity contribution < 1.29 is 0 Å². The van der Waals surface area contributed by atoms with Gasteiger partial charge in [0.1, 0.15) is 0 Å². The first-order valence-electron chi connectivity index (χ1n) is 5.32. The molecule has 0 aromatic rings. The van der Waals surface area contributed by atoms with Gasteiger partial charge in [-0.3, -0.25) is 0 Å². The van der Waals surface area contributed by atoms with Gasteiger partial charge in [0.2, 0.25) is 0 Å². The number of rotatable bonds is 7. The molecular formula is C12H23. The van der Waals surface area contributed by atoms with E-state index in [2.05, 4.69) is 26.8 Å². The van der Waals surface area contributed by atoms with Crippen LogP contribution in [0.1, 0.15) is 58.8 Å². The van der Waals surface area contributed by atoms with Crippen molar-refractivity contribution in [2.24, 2.45) is 0 Å². The number of allylic oxidation sites excluding steroid dienone is 2. The second kappa shape index (κ2) is 8.83. The second-order valence-corrected chi connectivity index (χ2v) is 3.46. The van der Waals surface area contributed by atoms with Gasteiger partial charge < -0.3 is 0 Å². The van der Waals surface area contributed by atoms with Crippen molar-refractivity contribution in [2.75, 3.05) is 0 Å². The Morgan fingerprint density at radius 2 is 1.75 bits per heavy atom. The summed E-state index contributed by atoms with van der Waals surface area (Å²) in [6, 6.07) is 0. The highest BCUT2D eigenvalue weighted by Gasteiger charge is 1.89. The van der Waals surface area contributed by atoms with Crippen molar-refractivity contribution in [1.29, 1.82) is 0 Å². The van der Waals surface area contributed by atoms with E-state index in [1.165, 1.54) is 50.5 Å². The van der Waals surface area contributed by atoms with Gasteiger partial charge in [0, 0.05) is 0 Å². The highest BCUT2D eigenvalue weighted by molar-refractivity contribution is 5.04. The summed E-state index contributed by atoms with van der Waals surface area (Å²) in [5, 5.41) is 0. The number of unbranched alkanes of at least 4 members (excludes halogenated alkanes) is 4. The van der Waals surface area contributed by atoms with E-state index in [4.69, 9.17) is 0 Å². The highest BCUT2D eigenvalue weighted by atomic mass is 14.0. The van der Waals surface area contributed by atoms with Crippen molar-refractivity contribution in [3.63, 3.8) is 0 Å². The van der Waals surface area contributed by atoms with Gasteiger partial charge in [-0.2, -0.15) is 0 Å². The van der Waals surface area contributed by atoms with Gasteiger partial charge in [0.25, 0.3) is 0 Å². The maximum atomic E-state index is 4.04. The van der Waals surface area contributed by atoms with Crippen LogP contribution < -0.4 is 0 Å². The van der Waals surface area contributed by atoms with Gasteiger partial charge in [0.15, 0.2) is 0 Å². The molecule has 0 aliphatic heterocycles. The molecular weight excluding hydrogens is 144 g/mol. The van der Waals surface area contributed by atoms with Gasteiger partial charge >= 0.3 is 0 Å². The summed E-state index contributed by atoms with van der Waals surface area (Å²) >= 11 is 0. The van der Waals surface area contributed by atoms with Crippen LogP contribution in [0.4, 0.5) is 0 Å². The molecule has 0 nitrogen and oxygen atoms in total. The molecule has 0 aliphatic carbocycles. The maximum absolute atomic E-state index is 4.04. The van der Waals surface area contributed by atoms with Crippen LogP contribution in [-0.2, 0) is 0 Å². The summed E-state index contributed by atoms with van der Waals surface area (Å²) in [7, 11) is 0. The van der Waals surface area contributed by atoms with Crippen LogP contribution in [0.5, 0.6) is 0 Å². The molecule has 0 atom stereocenters. The molecule has 0 spiro atoms. The van der Waals surface area contributed by atoms with Crippen LogP contribution in [0, 0.1) is 6.92 Å². The SMILES string of the molecule is [CH2]C(=CCCCC)CCCCC. The summed E-state index contributed by atoms with van der Waals surface area (Å²) < 4.78 is 0. The molecule has 0 fully saturated rings. The van der Waals surface area contributed by atoms with Crippen molar-refractivity contribution in [3.05, 3.63) is 18.6 Å². The molecule has 1 radical (unpaired) electrons. The molecule has 0 heterocycles. The first-order valence-corrected chi connectivity index (χ1v) is 5.32. The lowest BCUT2D eigenvalue weighted by atomic mass is 10.1. The zero-order chi connectivity index (χ0) is 9.23. The third-order valence-electron chi connectivity index (χ3n) is 2.09. The molecule has 0 saturated carbocycles. The predicted octanol–water partition coefficient (Wildman–Crippen LogP) is 4.52. The summed E-state index contributed by atoms with van der Waals surface area (Å²) in [6.45, 7) is 8.51. The van der Waals surface area contributed by atoms with Crippen molar-refractivity contribution >= 4 is 0 Å². The molecule has 0 heteroatoms. The summed E-state index contributed by atoms with van der Waals surface area (Å²) in [5.74, 6) is 0. The van der Waals surface area contributed by atoms with Crippen LogP contribution >= 0.6 is 0 Å². The molecule has 0 rings (SSSR count). The lowest BCUT2D eigenvalue weighted by molar-refractivity contribution is 0.714. The van der Waals surface area contributed by atoms with Crippen molar-refractivity contribution in [3.8, 4) is 0 Å². The fourth-order valence-corrected chi connectivity index (χ4v) is 1.21. The Balaban J connectivity index is 3.29. The lowest BCUT2D eigenvalue weighted by Crippen LogP contribution is -1.79. The zero-order valence-electron chi connectivity index (χ0n) is 8.73. The van der Waals surface area contributed by atoms with Gasteiger partial charge in [-0.05, 0) is 26.2 Å². The van der Waals surface area contributed by atoms with Crippen LogP contribution in [0.3, 0.4) is 0 Å². The molecule has 0 aromatic carbocycles. The van der Waals surface area contributed by atoms with Crippen LogP contribution in [0.15, 0.2) is 11.6 Å². The Kier molecular flexibility index (Phi) is 8.64. The summed E-state index contributed by atoms with van der Waals surface area (Å²) in [4.78, 5) is 0. The Morgan fingerprint density at radius 1 is 1.08 bits per heavy atom.